The largest absolute Gasteiger partial charge is 0.466 e. The van der Waals surface area contributed by atoms with Gasteiger partial charge in [-0.05, 0) is 37.4 Å². The highest BCUT2D eigenvalue weighted by Gasteiger charge is 2.58. The smallest absolute Gasteiger partial charge is 0.400 e. The molecule has 1 N–H and O–H groups in total. The average molecular weight is 320 g/mol. The van der Waals surface area contributed by atoms with Crippen LogP contribution in [0.25, 0.3) is 0 Å². The van der Waals surface area contributed by atoms with Crippen molar-refractivity contribution in [2.45, 2.75) is 32.9 Å². The van der Waals surface area contributed by atoms with Gasteiger partial charge in [0.25, 0.3) is 0 Å². The molecule has 0 saturated carbocycles. The average Bonchev–Trinajstić information content (AvgIpc) is 3.01. The monoisotopic (exact) mass is 320 g/mol. The molecule has 0 amide bonds. The molecule has 4 nitrogen and oxygen atoms in total. The number of halogens is 4. The zero-order chi connectivity index (χ0) is 16.7. The Morgan fingerprint density at radius 2 is 2.09 bits per heavy atom. The van der Waals surface area contributed by atoms with Gasteiger partial charge in [0.1, 0.15) is 16.9 Å². The van der Waals surface area contributed by atoms with Crippen molar-refractivity contribution in [3.8, 4) is 0 Å². The first-order chi connectivity index (χ1) is 10.1. The summed E-state index contributed by atoms with van der Waals surface area (Å²) in [4.78, 5) is 0. The molecule has 0 bridgehead atoms. The van der Waals surface area contributed by atoms with Crippen molar-refractivity contribution in [1.82, 2.24) is 5.06 Å². The summed E-state index contributed by atoms with van der Waals surface area (Å²) in [6.45, 7) is 3.45. The molecule has 22 heavy (non-hydrogen) atoms. The van der Waals surface area contributed by atoms with Crippen molar-refractivity contribution in [2.24, 2.45) is 5.41 Å². The number of rotatable bonds is 4. The van der Waals surface area contributed by atoms with Crippen molar-refractivity contribution in [1.29, 1.82) is 5.41 Å². The Morgan fingerprint density at radius 3 is 2.55 bits per heavy atom. The van der Waals surface area contributed by atoms with E-state index in [-0.39, 0.29) is 11.3 Å². The van der Waals surface area contributed by atoms with Gasteiger partial charge in [-0.2, -0.15) is 13.2 Å². The Hall–Kier alpha value is -1.83. The highest BCUT2D eigenvalue weighted by molar-refractivity contribution is 6.03. The first kappa shape index (κ1) is 16.5. The molecule has 1 aromatic heterocycles. The molecule has 0 saturated heterocycles. The van der Waals surface area contributed by atoms with Crippen molar-refractivity contribution in [3.63, 3.8) is 0 Å². The van der Waals surface area contributed by atoms with Crippen LogP contribution < -0.4 is 0 Å². The second-order valence-corrected chi connectivity index (χ2v) is 5.60. The van der Waals surface area contributed by atoms with E-state index in [1.165, 1.54) is 0 Å². The van der Waals surface area contributed by atoms with E-state index in [2.05, 4.69) is 5.04 Å². The third-order valence-electron chi connectivity index (χ3n) is 3.97. The lowest BCUT2D eigenvalue weighted by atomic mass is 9.78. The maximum absolute atomic E-state index is 13.4. The summed E-state index contributed by atoms with van der Waals surface area (Å²) in [6, 6.07) is 3.28. The fourth-order valence-electron chi connectivity index (χ4n) is 2.44. The van der Waals surface area contributed by atoms with Crippen LogP contribution in [-0.2, 0) is 5.04 Å². The van der Waals surface area contributed by atoms with E-state index in [9.17, 15) is 17.7 Å². The number of hydrogen-bond acceptors (Lipinski definition) is 4. The predicted octanol–water partition coefficient (Wildman–Crippen LogP) is 4.30. The third-order valence-corrected chi connectivity index (χ3v) is 3.97. The summed E-state index contributed by atoms with van der Waals surface area (Å²) >= 11 is 0. The Bertz CT molecular complexity index is 608. The minimum absolute atomic E-state index is 0.284. The summed E-state index contributed by atoms with van der Waals surface area (Å²) in [5, 5.41) is 12.0. The van der Waals surface area contributed by atoms with Crippen LogP contribution in [0, 0.1) is 17.7 Å². The predicted molar refractivity (Wildman–Crippen MR) is 70.7 cm³/mol. The van der Waals surface area contributed by atoms with Crippen LogP contribution >= 0.6 is 0 Å². The van der Waals surface area contributed by atoms with E-state index in [0.29, 0.717) is 16.6 Å². The van der Waals surface area contributed by atoms with Gasteiger partial charge in [-0.1, -0.05) is 5.04 Å². The van der Waals surface area contributed by atoms with Crippen LogP contribution in [0.4, 0.5) is 17.7 Å². The number of nitrogens with one attached hydrogen (secondary N) is 1. The first-order valence-electron chi connectivity index (χ1n) is 6.59. The van der Waals surface area contributed by atoms with Crippen LogP contribution in [0.3, 0.4) is 0 Å². The standard InChI is InChI=1S/C14H16F4N2O2/c1-8-4-5-11(21-8)9(2)12(19)10-6-20(22-18)7-13(10,3)14(15,16)17/h4-6,9,19H,7H2,1-3H3. The van der Waals surface area contributed by atoms with Crippen LogP contribution in [0.5, 0.6) is 0 Å². The van der Waals surface area contributed by atoms with Crippen LogP contribution in [-0.4, -0.2) is 23.5 Å². The van der Waals surface area contributed by atoms with Gasteiger partial charge in [0, 0.05) is 17.5 Å². The molecule has 1 aliphatic heterocycles. The number of nitrogens with zero attached hydrogens (tertiary/aromatic N) is 1. The van der Waals surface area contributed by atoms with E-state index in [0.717, 1.165) is 13.1 Å². The number of hydroxylamine groups is 2. The van der Waals surface area contributed by atoms with Gasteiger partial charge < -0.3 is 9.83 Å². The fraction of sp³-hybridized carbons (Fsp3) is 0.500. The van der Waals surface area contributed by atoms with Gasteiger partial charge in [-0.15, -0.1) is 0 Å². The van der Waals surface area contributed by atoms with Gasteiger partial charge >= 0.3 is 6.18 Å². The van der Waals surface area contributed by atoms with Crippen molar-refractivity contribution >= 4 is 5.71 Å². The maximum atomic E-state index is 13.4. The van der Waals surface area contributed by atoms with Gasteiger partial charge in [-0.3, -0.25) is 0 Å². The second-order valence-electron chi connectivity index (χ2n) is 5.60. The Kier molecular flexibility index (Phi) is 4.08. The topological polar surface area (TPSA) is 49.5 Å². The van der Waals surface area contributed by atoms with Crippen LogP contribution in [0.2, 0.25) is 0 Å². The molecule has 8 heteroatoms. The molecular formula is C14H16F4N2O2. The molecule has 2 atom stereocenters. The molecule has 1 aliphatic rings. The number of alkyl halides is 3. The van der Waals surface area contributed by atoms with Crippen LogP contribution in [0.15, 0.2) is 28.3 Å². The van der Waals surface area contributed by atoms with Crippen molar-refractivity contribution in [2.75, 3.05) is 6.54 Å². The molecule has 1 aromatic rings. The minimum Gasteiger partial charge on any atom is -0.466 e. The van der Waals surface area contributed by atoms with E-state index in [1.807, 2.05) is 0 Å². The molecule has 2 rings (SSSR count). The SMILES string of the molecule is Cc1ccc(C(C)C(=N)C2=CN(OF)CC2(C)C(F)(F)F)o1. The van der Waals surface area contributed by atoms with E-state index >= 15 is 0 Å². The second kappa shape index (κ2) is 5.42. The molecule has 0 aromatic carbocycles. The molecule has 122 valence electrons. The van der Waals surface area contributed by atoms with E-state index < -0.39 is 24.1 Å². The zero-order valence-corrected chi connectivity index (χ0v) is 12.3. The summed E-state index contributed by atoms with van der Waals surface area (Å²) in [5.74, 6) is 0.288. The lowest BCUT2D eigenvalue weighted by Gasteiger charge is -2.31. The first-order valence-corrected chi connectivity index (χ1v) is 6.59. The number of hydrogen-bond donors (Lipinski definition) is 1. The third kappa shape index (κ3) is 2.63. The Balaban J connectivity index is 2.37. The molecular weight excluding hydrogens is 304 g/mol. The summed E-state index contributed by atoms with van der Waals surface area (Å²) in [6.07, 6.45) is -3.76. The molecule has 2 heterocycles. The quantitative estimate of drug-likeness (QED) is 0.665. The summed E-state index contributed by atoms with van der Waals surface area (Å²) in [7, 11) is 0. The fourth-order valence-corrected chi connectivity index (χ4v) is 2.44. The molecule has 0 spiro atoms. The lowest BCUT2D eigenvalue weighted by Crippen LogP contribution is -2.42. The van der Waals surface area contributed by atoms with E-state index in [1.54, 1.807) is 26.0 Å². The Morgan fingerprint density at radius 1 is 1.45 bits per heavy atom. The zero-order valence-electron chi connectivity index (χ0n) is 12.3. The van der Waals surface area contributed by atoms with Gasteiger partial charge in [0.05, 0.1) is 12.5 Å². The highest BCUT2D eigenvalue weighted by atomic mass is 19.4. The van der Waals surface area contributed by atoms with Gasteiger partial charge in [0.15, 0.2) is 0 Å². The molecule has 0 fully saturated rings. The normalized spacial score (nSPS) is 23.6. The highest BCUT2D eigenvalue weighted by Crippen LogP contribution is 2.49. The van der Waals surface area contributed by atoms with Gasteiger partial charge in [-0.25, -0.2) is 5.06 Å². The van der Waals surface area contributed by atoms with Crippen LogP contribution in [0.1, 0.15) is 31.3 Å². The molecule has 0 aliphatic carbocycles. The lowest BCUT2D eigenvalue weighted by molar-refractivity contribution is -0.310. The maximum Gasteiger partial charge on any atom is 0.400 e. The molecule has 0 radical (unpaired) electrons. The van der Waals surface area contributed by atoms with Gasteiger partial charge in [0.2, 0.25) is 0 Å². The summed E-state index contributed by atoms with van der Waals surface area (Å²) < 4.78 is 57.8. The number of aryl methyl sites for hydroxylation is 1. The van der Waals surface area contributed by atoms with Crippen molar-refractivity contribution in [3.05, 3.63) is 35.4 Å². The Labute approximate surface area is 124 Å². The molecule has 2 unspecified atom stereocenters. The minimum atomic E-state index is -4.64. The van der Waals surface area contributed by atoms with Crippen molar-refractivity contribution < 1.29 is 27.2 Å². The number of furan rings is 1. The van der Waals surface area contributed by atoms with E-state index in [4.69, 9.17) is 9.83 Å². The summed E-state index contributed by atoms with van der Waals surface area (Å²) in [5.41, 5.74) is -3.00.